The highest BCUT2D eigenvalue weighted by atomic mass is 31.2. The second-order valence-electron chi connectivity index (χ2n) is 45.3. The molecule has 0 radical (unpaired) electrons. The molecule has 2 unspecified atom stereocenters. The summed E-state index contributed by atoms with van der Waals surface area (Å²) in [5, 5.41) is -0.603. The molecule has 0 heterocycles. The van der Waals surface area contributed by atoms with E-state index in [0.717, 1.165) is 19.3 Å². The summed E-state index contributed by atoms with van der Waals surface area (Å²) in [6.45, 7) is 30.4. The molecule has 1 aliphatic carbocycles. The summed E-state index contributed by atoms with van der Waals surface area (Å²) in [6.07, 6.45) is 144. The normalized spacial score (nSPS) is 16.1. The molecule has 0 aromatic heterocycles. The van der Waals surface area contributed by atoms with E-state index >= 15 is 4.57 Å². The van der Waals surface area contributed by atoms with Crippen LogP contribution in [0.5, 0.6) is 0 Å². The van der Waals surface area contributed by atoms with E-state index in [2.05, 4.69) is 83.1 Å². The topological polar surface area (TPSA) is 35.5 Å². The van der Waals surface area contributed by atoms with Gasteiger partial charge in [-0.05, 0) is 105 Å². The first-order valence-electron chi connectivity index (χ1n) is 63.0. The second kappa shape index (κ2) is 95.3. The summed E-state index contributed by atoms with van der Waals surface area (Å²) in [7, 11) is -4.10. The highest BCUT2D eigenvalue weighted by molar-refractivity contribution is 7.55. The van der Waals surface area contributed by atoms with E-state index in [0.29, 0.717) is 19.1 Å². The molecule has 1 rings (SSSR count). The molecular formula is C126H253O3P. The van der Waals surface area contributed by atoms with E-state index in [1.54, 1.807) is 0 Å². The molecule has 130 heavy (non-hydrogen) atoms. The number of unbranched alkanes of at least 4 members (excludes halogenated alkanes) is 84. The highest BCUT2D eigenvalue weighted by Gasteiger charge is 2.83. The van der Waals surface area contributed by atoms with Gasteiger partial charge in [0.2, 0.25) is 0 Å². The Morgan fingerprint density at radius 1 is 0.154 bits per heavy atom. The van der Waals surface area contributed by atoms with Crippen LogP contribution in [0, 0.1) is 27.6 Å². The molecule has 3 nitrogen and oxygen atoms in total. The maximum absolute atomic E-state index is 20.8. The summed E-state index contributed by atoms with van der Waals surface area (Å²) >= 11 is 0. The first-order chi connectivity index (χ1) is 64.1. The molecule has 0 bridgehead atoms. The van der Waals surface area contributed by atoms with Crippen molar-refractivity contribution in [3.05, 3.63) is 0 Å². The van der Waals surface area contributed by atoms with Crippen LogP contribution in [0.1, 0.15) is 764 Å². The first-order valence-corrected chi connectivity index (χ1v) is 64.5. The lowest BCUT2D eigenvalue weighted by Crippen LogP contribution is -2.77. The van der Waals surface area contributed by atoms with Crippen molar-refractivity contribution in [1.29, 1.82) is 0 Å². The van der Waals surface area contributed by atoms with Gasteiger partial charge in [-0.1, -0.05) is 687 Å². The fourth-order valence-corrected chi connectivity index (χ4v) is 30.2. The zero-order valence-electron chi connectivity index (χ0n) is 93.1. The predicted molar refractivity (Wildman–Crippen MR) is 593 cm³/mol. The van der Waals surface area contributed by atoms with Gasteiger partial charge in [0.25, 0.3) is 0 Å². The molecule has 2 atom stereocenters. The van der Waals surface area contributed by atoms with Crippen molar-refractivity contribution in [2.45, 2.75) is 769 Å². The molecule has 780 valence electrons. The number of rotatable bonds is 111. The Kier molecular flexibility index (Phi) is 94.0. The molecule has 0 amide bonds. The summed E-state index contributed by atoms with van der Waals surface area (Å²) in [5.41, 5.74) is -0.133. The largest absolute Gasteiger partial charge is 0.337 e. The third-order valence-electron chi connectivity index (χ3n) is 34.3. The average Bonchev–Trinajstić information content (AvgIpc) is 0.638. The zero-order chi connectivity index (χ0) is 94.4. The standard InChI is InChI=1S/C126H253O3P/c1-13-25-37-49-61-73-85-97-109-121-122(110-98-86-74-62-50-38-26-14-2,111-99-87-75-63-51-39-27-15-3)123(112-100-88-76-64-52-40-28-16-4,113-101-89-77-65-53-41-29-17-5)124(114-102-90-78-66-54-42-30-18-6,115-103-91-79-67-55-43-31-19-7)125(116-104-92-80-68-56-44-32-20-8,117-105-93-81-69-57-45-33-21-9)126(121,118-106-94-82-70-58-46-34-22-10)130(127,128-119-107-95-83-71-59-47-35-23-11)129-120-108-96-84-72-60-48-36-24-12/h121H,13-120H2,1-12H3. The molecule has 0 saturated heterocycles. The van der Waals surface area contributed by atoms with Gasteiger partial charge in [0.1, 0.15) is 0 Å². The molecule has 0 aromatic rings. The summed E-state index contributed by atoms with van der Waals surface area (Å²) in [6, 6.07) is 0. The third-order valence-corrected chi connectivity index (χ3v) is 37.3. The van der Waals surface area contributed by atoms with Gasteiger partial charge < -0.3 is 9.05 Å². The molecule has 0 spiro atoms. The summed E-state index contributed by atoms with van der Waals surface area (Å²) < 4.78 is 38.2. The smallest absolute Gasteiger partial charge is 0.308 e. The summed E-state index contributed by atoms with van der Waals surface area (Å²) in [5.74, 6) is 0.304. The van der Waals surface area contributed by atoms with E-state index in [9.17, 15) is 0 Å². The molecule has 1 saturated carbocycles. The monoisotopic (exact) mass is 1850 g/mol. The second-order valence-corrected chi connectivity index (χ2v) is 47.6. The van der Waals surface area contributed by atoms with Crippen molar-refractivity contribution < 1.29 is 13.6 Å². The maximum Gasteiger partial charge on any atom is 0.337 e. The van der Waals surface area contributed by atoms with Crippen molar-refractivity contribution in [2.75, 3.05) is 13.2 Å². The van der Waals surface area contributed by atoms with Crippen LogP contribution in [0.4, 0.5) is 0 Å². The van der Waals surface area contributed by atoms with E-state index in [4.69, 9.17) is 9.05 Å². The van der Waals surface area contributed by atoms with Crippen molar-refractivity contribution in [1.82, 2.24) is 0 Å². The van der Waals surface area contributed by atoms with Gasteiger partial charge in [0.05, 0.1) is 18.4 Å². The van der Waals surface area contributed by atoms with Gasteiger partial charge in [-0.25, -0.2) is 0 Å². The minimum atomic E-state index is -4.10. The number of hydrogen-bond acceptors (Lipinski definition) is 3. The van der Waals surface area contributed by atoms with Crippen molar-refractivity contribution in [3.8, 4) is 0 Å². The summed E-state index contributed by atoms with van der Waals surface area (Å²) in [4.78, 5) is 0. The Labute approximate surface area is 825 Å². The van der Waals surface area contributed by atoms with Crippen molar-refractivity contribution in [3.63, 3.8) is 0 Å². The van der Waals surface area contributed by atoms with Gasteiger partial charge in [-0.15, -0.1) is 0 Å². The van der Waals surface area contributed by atoms with Gasteiger partial charge in [0, 0.05) is 0 Å². The quantitative estimate of drug-likeness (QED) is 0.0450. The van der Waals surface area contributed by atoms with Crippen LogP contribution in [-0.2, 0) is 13.6 Å². The lowest BCUT2D eigenvalue weighted by Gasteiger charge is -2.81. The van der Waals surface area contributed by atoms with Crippen molar-refractivity contribution >= 4 is 7.60 Å². The van der Waals surface area contributed by atoms with Crippen LogP contribution >= 0.6 is 7.60 Å². The Bertz CT molecular complexity index is 2130. The minimum absolute atomic E-state index is 0.00265. The van der Waals surface area contributed by atoms with Gasteiger partial charge in [-0.2, -0.15) is 0 Å². The minimum Gasteiger partial charge on any atom is -0.308 e. The van der Waals surface area contributed by atoms with E-state index in [1.807, 2.05) is 0 Å². The Morgan fingerprint density at radius 3 is 0.500 bits per heavy atom. The fraction of sp³-hybridized carbons (Fsp3) is 1.00. The maximum atomic E-state index is 20.8. The molecule has 0 N–H and O–H groups in total. The third kappa shape index (κ3) is 57.3. The van der Waals surface area contributed by atoms with E-state index in [-0.39, 0.29) is 21.7 Å². The van der Waals surface area contributed by atoms with E-state index < -0.39 is 12.8 Å². The fourth-order valence-electron chi connectivity index (χ4n) is 26.8. The lowest BCUT2D eigenvalue weighted by atomic mass is 9.26. The van der Waals surface area contributed by atoms with Crippen LogP contribution in [0.2, 0.25) is 0 Å². The van der Waals surface area contributed by atoms with Crippen LogP contribution in [0.15, 0.2) is 0 Å². The lowest BCUT2D eigenvalue weighted by molar-refractivity contribution is -0.289. The highest BCUT2D eigenvalue weighted by Crippen LogP contribution is 2.90. The molecule has 1 aliphatic rings. The van der Waals surface area contributed by atoms with Gasteiger partial charge in [0.15, 0.2) is 0 Å². The molecule has 0 aromatic carbocycles. The molecule has 0 aliphatic heterocycles. The molecule has 1 fully saturated rings. The zero-order valence-corrected chi connectivity index (χ0v) is 94.0. The molecular weight excluding hydrogens is 1590 g/mol. The van der Waals surface area contributed by atoms with Gasteiger partial charge in [-0.3, -0.25) is 4.57 Å². The predicted octanol–water partition coefficient (Wildman–Crippen LogP) is 48.1. The van der Waals surface area contributed by atoms with Gasteiger partial charge >= 0.3 is 7.60 Å². The van der Waals surface area contributed by atoms with Crippen LogP contribution in [0.3, 0.4) is 0 Å². The van der Waals surface area contributed by atoms with Crippen LogP contribution in [-0.4, -0.2) is 18.4 Å². The first kappa shape index (κ1) is 128. The molecule has 4 heteroatoms. The Balaban J connectivity index is 6.17. The van der Waals surface area contributed by atoms with Crippen LogP contribution < -0.4 is 0 Å². The van der Waals surface area contributed by atoms with Crippen molar-refractivity contribution in [2.24, 2.45) is 27.6 Å². The Morgan fingerprint density at radius 2 is 0.300 bits per heavy atom. The van der Waals surface area contributed by atoms with Crippen LogP contribution in [0.25, 0.3) is 0 Å². The van der Waals surface area contributed by atoms with E-state index in [1.165, 1.54) is 661 Å². The number of hydrogen-bond donors (Lipinski definition) is 0. The average molecular weight is 1850 g/mol. The SMILES string of the molecule is CCCCCCCCCCOP(=O)(OCCCCCCCCCC)C1(CCCCCCCCCC)C(CCCCCCCCCC)C(CCCCCCCCCC)(CCCCCCCCCC)C(CCCCCCCCCC)(CCCCCCCCCC)C(CCCCCCCCCC)(CCCCCCCCCC)C1(CCCCCCCCCC)CCCCCCCCCC. The Hall–Kier alpha value is 0.150.